The van der Waals surface area contributed by atoms with Crippen molar-refractivity contribution in [1.29, 1.82) is 0 Å². The van der Waals surface area contributed by atoms with Gasteiger partial charge in [0.2, 0.25) is 0 Å². The van der Waals surface area contributed by atoms with E-state index in [1.165, 1.54) is 25.5 Å². The Labute approximate surface area is 173 Å². The summed E-state index contributed by atoms with van der Waals surface area (Å²) in [6.07, 6.45) is 3.48. The van der Waals surface area contributed by atoms with E-state index < -0.39 is 0 Å². The van der Waals surface area contributed by atoms with Gasteiger partial charge in [-0.05, 0) is 73.0 Å². The molecule has 0 saturated heterocycles. The zero-order valence-electron chi connectivity index (χ0n) is 16.6. The van der Waals surface area contributed by atoms with Crippen LogP contribution in [0.25, 0.3) is 22.2 Å². The molecule has 3 aromatic rings. The number of halogens is 1. The van der Waals surface area contributed by atoms with Crippen LogP contribution in [-0.4, -0.2) is 27.8 Å². The highest BCUT2D eigenvalue weighted by Gasteiger charge is 2.23. The summed E-state index contributed by atoms with van der Waals surface area (Å²) < 4.78 is 8.24. The average Bonchev–Trinajstić information content (AvgIpc) is 3.13. The molecular weight excluding hydrogens is 453 g/mol. The lowest BCUT2D eigenvalue weighted by atomic mass is 10.00. The number of nitrogens with one attached hydrogen (secondary N) is 1. The molecule has 0 aliphatic rings. The molecule has 3 rings (SSSR count). The van der Waals surface area contributed by atoms with Gasteiger partial charge in [0.25, 0.3) is 0 Å². The molecular formula is C21H26IN3O2. The minimum absolute atomic E-state index is 0.339. The average molecular weight is 479 g/mol. The highest BCUT2D eigenvalue weighted by atomic mass is 127. The topological polar surface area (TPSA) is 59.9 Å². The van der Waals surface area contributed by atoms with Crippen molar-refractivity contribution in [2.75, 3.05) is 7.11 Å². The normalized spacial score (nSPS) is 11.3. The third-order valence-corrected chi connectivity index (χ3v) is 6.09. The van der Waals surface area contributed by atoms with E-state index in [1.54, 1.807) is 0 Å². The Morgan fingerprint density at radius 2 is 1.96 bits per heavy atom. The first kappa shape index (κ1) is 19.9. The molecule has 2 heterocycles. The molecule has 144 valence electrons. The maximum Gasteiger partial charge on any atom is 0.354 e. The molecule has 0 atom stereocenters. The monoisotopic (exact) mass is 479 g/mol. The van der Waals surface area contributed by atoms with Crippen molar-refractivity contribution in [1.82, 2.24) is 14.8 Å². The second-order valence-corrected chi connectivity index (χ2v) is 8.11. The summed E-state index contributed by atoms with van der Waals surface area (Å²) in [5.74, 6) is -0.339. The largest absolute Gasteiger partial charge is 0.464 e. The van der Waals surface area contributed by atoms with Gasteiger partial charge in [-0.15, -0.1) is 0 Å². The highest BCUT2D eigenvalue weighted by molar-refractivity contribution is 14.1. The standard InChI is InChI=1S/C21H26IN3O2/c1-6-7-8-11-25-20(12(2)14(4)24-25)18-15(22)9-10-16-17(18)13(3)19(23-16)21(26)27-5/h9-10,23H,6-8,11H2,1-5H3. The van der Waals surface area contributed by atoms with Gasteiger partial charge >= 0.3 is 5.97 Å². The summed E-state index contributed by atoms with van der Waals surface area (Å²) in [5, 5.41) is 5.88. The molecule has 0 aliphatic carbocycles. The number of carbonyl (C=O) groups is 1. The van der Waals surface area contributed by atoms with E-state index in [1.807, 2.05) is 13.0 Å². The lowest BCUT2D eigenvalue weighted by Crippen LogP contribution is -2.05. The van der Waals surface area contributed by atoms with E-state index in [-0.39, 0.29) is 5.97 Å². The SMILES string of the molecule is CCCCCn1nc(C)c(C)c1-c1c(I)ccc2[nH]c(C(=O)OC)c(C)c12. The van der Waals surface area contributed by atoms with E-state index in [9.17, 15) is 4.79 Å². The number of hydrogen-bond acceptors (Lipinski definition) is 3. The number of H-pyrrole nitrogens is 1. The summed E-state index contributed by atoms with van der Waals surface area (Å²) in [5.41, 5.74) is 6.92. The van der Waals surface area contributed by atoms with Crippen LogP contribution in [-0.2, 0) is 11.3 Å². The Kier molecular flexibility index (Phi) is 5.93. The number of fused-ring (bicyclic) bond motifs is 1. The minimum Gasteiger partial charge on any atom is -0.464 e. The molecule has 0 aliphatic heterocycles. The van der Waals surface area contributed by atoms with Crippen molar-refractivity contribution in [3.8, 4) is 11.3 Å². The molecule has 0 amide bonds. The van der Waals surface area contributed by atoms with Crippen LogP contribution in [0.15, 0.2) is 12.1 Å². The van der Waals surface area contributed by atoms with Gasteiger partial charge in [-0.25, -0.2) is 4.79 Å². The number of benzene rings is 1. The zero-order valence-corrected chi connectivity index (χ0v) is 18.7. The van der Waals surface area contributed by atoms with Crippen LogP contribution >= 0.6 is 22.6 Å². The van der Waals surface area contributed by atoms with Crippen LogP contribution in [0.2, 0.25) is 0 Å². The number of carbonyl (C=O) groups excluding carboxylic acids is 1. The number of nitrogens with zero attached hydrogens (tertiary/aromatic N) is 2. The van der Waals surface area contributed by atoms with E-state index in [4.69, 9.17) is 9.84 Å². The Balaban J connectivity index is 2.27. The fraction of sp³-hybridized carbons (Fsp3) is 0.429. The summed E-state index contributed by atoms with van der Waals surface area (Å²) in [6, 6.07) is 4.12. The lowest BCUT2D eigenvalue weighted by molar-refractivity contribution is 0.0594. The maximum absolute atomic E-state index is 12.2. The molecule has 0 saturated carbocycles. The van der Waals surface area contributed by atoms with Crippen molar-refractivity contribution < 1.29 is 9.53 Å². The third-order valence-electron chi connectivity index (χ3n) is 5.19. The first-order valence-electron chi connectivity index (χ1n) is 9.34. The van der Waals surface area contributed by atoms with Gasteiger partial charge in [-0.2, -0.15) is 5.10 Å². The molecule has 5 nitrogen and oxygen atoms in total. The minimum atomic E-state index is -0.339. The van der Waals surface area contributed by atoms with E-state index in [2.05, 4.69) is 59.1 Å². The predicted octanol–water partition coefficient (Wildman–Crippen LogP) is 5.54. The first-order chi connectivity index (χ1) is 12.9. The number of ether oxygens (including phenoxy) is 1. The lowest BCUT2D eigenvalue weighted by Gasteiger charge is -2.13. The molecule has 0 spiro atoms. The molecule has 2 aromatic heterocycles. The van der Waals surface area contributed by atoms with E-state index in [0.29, 0.717) is 5.69 Å². The van der Waals surface area contributed by atoms with Crippen molar-refractivity contribution in [2.24, 2.45) is 0 Å². The Morgan fingerprint density at radius 1 is 1.22 bits per heavy atom. The summed E-state index contributed by atoms with van der Waals surface area (Å²) >= 11 is 2.38. The number of rotatable bonds is 6. The number of esters is 1. The molecule has 0 fully saturated rings. The van der Waals surface area contributed by atoms with Gasteiger partial charge in [0.15, 0.2) is 0 Å². The molecule has 0 bridgehead atoms. The number of unbranched alkanes of at least 4 members (excludes halogenated alkanes) is 2. The van der Waals surface area contributed by atoms with Crippen molar-refractivity contribution in [3.63, 3.8) is 0 Å². The quantitative estimate of drug-likeness (QED) is 0.287. The number of hydrogen-bond donors (Lipinski definition) is 1. The fourth-order valence-electron chi connectivity index (χ4n) is 3.62. The van der Waals surface area contributed by atoms with Gasteiger partial charge in [0.1, 0.15) is 5.69 Å². The van der Waals surface area contributed by atoms with Crippen LogP contribution in [0.4, 0.5) is 0 Å². The predicted molar refractivity (Wildman–Crippen MR) is 117 cm³/mol. The highest BCUT2D eigenvalue weighted by Crippen LogP contribution is 2.38. The van der Waals surface area contributed by atoms with Gasteiger partial charge in [0.05, 0.1) is 18.5 Å². The summed E-state index contributed by atoms with van der Waals surface area (Å²) in [6.45, 7) is 9.28. The van der Waals surface area contributed by atoms with Crippen LogP contribution in [0.1, 0.15) is 53.5 Å². The molecule has 0 radical (unpaired) electrons. The molecule has 6 heteroatoms. The first-order valence-corrected chi connectivity index (χ1v) is 10.4. The second kappa shape index (κ2) is 8.04. The van der Waals surface area contributed by atoms with Crippen molar-refractivity contribution in [3.05, 3.63) is 38.2 Å². The molecule has 27 heavy (non-hydrogen) atoms. The van der Waals surface area contributed by atoms with Crippen molar-refractivity contribution >= 4 is 39.5 Å². The molecule has 1 aromatic carbocycles. The zero-order chi connectivity index (χ0) is 19.7. The molecule has 1 N–H and O–H groups in total. The van der Waals surface area contributed by atoms with Gasteiger partial charge < -0.3 is 9.72 Å². The second-order valence-electron chi connectivity index (χ2n) is 6.95. The number of methoxy groups -OCH3 is 1. The number of aryl methyl sites for hydroxylation is 3. The van der Waals surface area contributed by atoms with Crippen molar-refractivity contribution in [2.45, 2.75) is 53.5 Å². The maximum atomic E-state index is 12.2. The van der Waals surface area contributed by atoms with Gasteiger partial charge in [0, 0.05) is 26.6 Å². The number of aromatic nitrogens is 3. The molecule has 0 unspecified atom stereocenters. The van der Waals surface area contributed by atoms with Gasteiger partial charge in [-0.1, -0.05) is 19.8 Å². The van der Waals surface area contributed by atoms with Gasteiger partial charge in [-0.3, -0.25) is 4.68 Å². The van der Waals surface area contributed by atoms with E-state index in [0.717, 1.165) is 50.0 Å². The summed E-state index contributed by atoms with van der Waals surface area (Å²) in [4.78, 5) is 15.4. The van der Waals surface area contributed by atoms with Crippen LogP contribution in [0.5, 0.6) is 0 Å². The third kappa shape index (κ3) is 3.51. The van der Waals surface area contributed by atoms with Crippen LogP contribution < -0.4 is 0 Å². The number of aromatic amines is 1. The smallest absolute Gasteiger partial charge is 0.354 e. The Hall–Kier alpha value is -1.83. The van der Waals surface area contributed by atoms with Crippen LogP contribution in [0.3, 0.4) is 0 Å². The van der Waals surface area contributed by atoms with E-state index >= 15 is 0 Å². The Bertz CT molecular complexity index is 1000. The fourth-order valence-corrected chi connectivity index (χ4v) is 4.33. The van der Waals surface area contributed by atoms with Crippen LogP contribution in [0, 0.1) is 24.3 Å². The Morgan fingerprint density at radius 3 is 2.63 bits per heavy atom. The summed E-state index contributed by atoms with van der Waals surface area (Å²) in [7, 11) is 1.41.